The van der Waals surface area contributed by atoms with Gasteiger partial charge in [0.15, 0.2) is 12.7 Å². The van der Waals surface area contributed by atoms with Crippen molar-refractivity contribution in [1.82, 2.24) is 15.5 Å². The molecule has 3 N–H and O–H groups in total. The van der Waals surface area contributed by atoms with Crippen LogP contribution in [-0.4, -0.2) is 71.7 Å². The Bertz CT molecular complexity index is 844. The molecule has 1 aliphatic rings. The number of hydrogen-bond donors (Lipinski definition) is 3. The van der Waals surface area contributed by atoms with Crippen LogP contribution in [0.3, 0.4) is 0 Å². The first-order valence-electron chi connectivity index (χ1n) is 10.2. The molecular formula is C22H27F2N3O5. The summed E-state index contributed by atoms with van der Waals surface area (Å²) in [4.78, 5) is 38.0. The van der Waals surface area contributed by atoms with Crippen molar-refractivity contribution in [2.45, 2.75) is 50.3 Å². The minimum Gasteiger partial charge on any atom is -0.436 e. The summed E-state index contributed by atoms with van der Waals surface area (Å²) < 4.78 is 32.9. The van der Waals surface area contributed by atoms with Gasteiger partial charge in [-0.1, -0.05) is 43.2 Å². The van der Waals surface area contributed by atoms with Gasteiger partial charge < -0.3 is 25.4 Å². The molecule has 174 valence electrons. The van der Waals surface area contributed by atoms with Crippen molar-refractivity contribution in [2.75, 3.05) is 19.7 Å². The van der Waals surface area contributed by atoms with Gasteiger partial charge in [-0.05, 0) is 18.4 Å². The summed E-state index contributed by atoms with van der Waals surface area (Å²) in [5, 5.41) is 15.6. The molecule has 8 nitrogen and oxygen atoms in total. The van der Waals surface area contributed by atoms with Gasteiger partial charge in [0.2, 0.25) is 5.91 Å². The summed E-state index contributed by atoms with van der Waals surface area (Å²) in [7, 11) is 0. The summed E-state index contributed by atoms with van der Waals surface area (Å²) in [6, 6.07) is 6.01. The van der Waals surface area contributed by atoms with Crippen molar-refractivity contribution in [3.63, 3.8) is 0 Å². The van der Waals surface area contributed by atoms with Crippen LogP contribution in [-0.2, 0) is 20.7 Å². The number of aliphatic hydroxyl groups is 1. The highest BCUT2D eigenvalue weighted by Crippen LogP contribution is 2.33. The number of carbonyl (C=O) groups is 3. The molecule has 1 heterocycles. The number of rotatable bonds is 9. The van der Waals surface area contributed by atoms with E-state index in [1.807, 2.05) is 0 Å². The Morgan fingerprint density at radius 2 is 2.03 bits per heavy atom. The zero-order chi connectivity index (χ0) is 23.7. The molecule has 0 bridgehead atoms. The van der Waals surface area contributed by atoms with Gasteiger partial charge in [0.1, 0.15) is 6.04 Å². The number of benzene rings is 1. The number of hydrogen-bond acceptors (Lipinski definition) is 5. The highest BCUT2D eigenvalue weighted by atomic mass is 19.3. The van der Waals surface area contributed by atoms with Crippen LogP contribution in [0.4, 0.5) is 13.6 Å². The smallest absolute Gasteiger partial charge is 0.408 e. The molecule has 1 aromatic rings. The summed E-state index contributed by atoms with van der Waals surface area (Å²) in [5.74, 6) is -2.97. The van der Waals surface area contributed by atoms with Gasteiger partial charge in [-0.2, -0.15) is 0 Å². The molecule has 10 heteroatoms. The van der Waals surface area contributed by atoms with Crippen LogP contribution in [0.1, 0.15) is 25.3 Å². The zero-order valence-electron chi connectivity index (χ0n) is 17.7. The van der Waals surface area contributed by atoms with Crippen molar-refractivity contribution in [3.8, 4) is 12.3 Å². The maximum Gasteiger partial charge on any atom is 0.408 e. The van der Waals surface area contributed by atoms with Crippen LogP contribution >= 0.6 is 0 Å². The molecule has 0 saturated carbocycles. The predicted octanol–water partition coefficient (Wildman–Crippen LogP) is 1.08. The van der Waals surface area contributed by atoms with Gasteiger partial charge in [-0.15, -0.1) is 6.42 Å². The quantitative estimate of drug-likeness (QED) is 0.487. The molecular weight excluding hydrogens is 424 g/mol. The number of nitrogens with one attached hydrogen (secondary N) is 2. The number of alkyl carbamates (subject to hydrolysis) is 1. The average molecular weight is 451 g/mol. The Hall–Kier alpha value is -3.19. The number of likely N-dealkylation sites (tertiary alicyclic amines) is 1. The van der Waals surface area contributed by atoms with E-state index in [4.69, 9.17) is 11.2 Å². The normalized spacial score (nSPS) is 18.8. The first kappa shape index (κ1) is 25.1. The van der Waals surface area contributed by atoms with Crippen LogP contribution in [0.15, 0.2) is 30.3 Å². The lowest BCUT2D eigenvalue weighted by Crippen LogP contribution is -2.56. The monoisotopic (exact) mass is 451 g/mol. The third-order valence-corrected chi connectivity index (χ3v) is 4.93. The summed E-state index contributed by atoms with van der Waals surface area (Å²) >= 11 is 0. The SMILES string of the molecule is C#CCOC(=O)N[C@@H](Cc1ccccc1)[C@H](O)C(=O)N1CC(F)(F)C[C@H]1C(=O)NCCC. The van der Waals surface area contributed by atoms with Crippen LogP contribution in [0.2, 0.25) is 0 Å². The van der Waals surface area contributed by atoms with E-state index in [1.165, 1.54) is 0 Å². The molecule has 1 aliphatic heterocycles. The van der Waals surface area contributed by atoms with E-state index >= 15 is 0 Å². The molecule has 1 fully saturated rings. The van der Waals surface area contributed by atoms with Crippen LogP contribution in [0.25, 0.3) is 0 Å². The lowest BCUT2D eigenvalue weighted by atomic mass is 10.00. The molecule has 3 amide bonds. The molecule has 0 spiro atoms. The van der Waals surface area contributed by atoms with Crippen LogP contribution in [0.5, 0.6) is 0 Å². The number of terminal acetylenes is 1. The lowest BCUT2D eigenvalue weighted by Gasteiger charge is -2.29. The van der Waals surface area contributed by atoms with E-state index in [9.17, 15) is 28.3 Å². The molecule has 3 atom stereocenters. The third kappa shape index (κ3) is 6.92. The van der Waals surface area contributed by atoms with E-state index in [-0.39, 0.29) is 19.6 Å². The minimum atomic E-state index is -3.28. The second-order valence-electron chi connectivity index (χ2n) is 7.50. The second-order valence-corrected chi connectivity index (χ2v) is 7.50. The topological polar surface area (TPSA) is 108 Å². The summed E-state index contributed by atoms with van der Waals surface area (Å²) in [6.45, 7) is 0.735. The van der Waals surface area contributed by atoms with E-state index in [2.05, 4.69) is 16.6 Å². The Labute approximate surface area is 185 Å². The molecule has 32 heavy (non-hydrogen) atoms. The summed E-state index contributed by atoms with van der Waals surface area (Å²) in [5.41, 5.74) is 0.672. The molecule has 1 saturated heterocycles. The largest absolute Gasteiger partial charge is 0.436 e. The number of halogens is 2. The number of amides is 3. The Morgan fingerprint density at radius 1 is 1.34 bits per heavy atom. The predicted molar refractivity (Wildman–Crippen MR) is 112 cm³/mol. The average Bonchev–Trinajstić information content (AvgIpc) is 3.10. The highest BCUT2D eigenvalue weighted by molar-refractivity contribution is 5.90. The Kier molecular flexibility index (Phi) is 8.96. The van der Waals surface area contributed by atoms with Gasteiger partial charge in [0, 0.05) is 13.0 Å². The first-order chi connectivity index (χ1) is 15.2. The zero-order valence-corrected chi connectivity index (χ0v) is 17.7. The lowest BCUT2D eigenvalue weighted by molar-refractivity contribution is -0.147. The van der Waals surface area contributed by atoms with Gasteiger partial charge in [0.05, 0.1) is 12.6 Å². The van der Waals surface area contributed by atoms with Gasteiger partial charge in [-0.25, -0.2) is 13.6 Å². The van der Waals surface area contributed by atoms with E-state index < -0.39 is 55.0 Å². The van der Waals surface area contributed by atoms with Gasteiger partial charge in [-0.3, -0.25) is 9.59 Å². The fourth-order valence-electron chi connectivity index (χ4n) is 3.40. The number of nitrogens with zero attached hydrogens (tertiary/aromatic N) is 1. The fourth-order valence-corrected chi connectivity index (χ4v) is 3.40. The van der Waals surface area contributed by atoms with Crippen LogP contribution < -0.4 is 10.6 Å². The molecule has 0 unspecified atom stereocenters. The van der Waals surface area contributed by atoms with Crippen molar-refractivity contribution >= 4 is 17.9 Å². The summed E-state index contributed by atoms with van der Waals surface area (Å²) in [6.07, 6.45) is 1.94. The Morgan fingerprint density at radius 3 is 2.66 bits per heavy atom. The number of alkyl halides is 2. The maximum absolute atomic E-state index is 14.1. The molecule has 0 aliphatic carbocycles. The molecule has 0 aromatic heterocycles. The third-order valence-electron chi connectivity index (χ3n) is 4.93. The van der Waals surface area contributed by atoms with Gasteiger partial charge >= 0.3 is 6.09 Å². The van der Waals surface area contributed by atoms with Crippen molar-refractivity contribution in [2.24, 2.45) is 0 Å². The first-order valence-corrected chi connectivity index (χ1v) is 10.2. The van der Waals surface area contributed by atoms with E-state index in [0.29, 0.717) is 16.9 Å². The van der Waals surface area contributed by atoms with E-state index in [0.717, 1.165) is 0 Å². The second kappa shape index (κ2) is 11.4. The number of aliphatic hydroxyl groups excluding tert-OH is 1. The molecule has 0 radical (unpaired) electrons. The van der Waals surface area contributed by atoms with Crippen molar-refractivity contribution in [1.29, 1.82) is 0 Å². The van der Waals surface area contributed by atoms with Crippen LogP contribution in [0, 0.1) is 12.3 Å². The van der Waals surface area contributed by atoms with Gasteiger partial charge in [0.25, 0.3) is 11.8 Å². The highest BCUT2D eigenvalue weighted by Gasteiger charge is 2.51. The number of ether oxygens (including phenoxy) is 1. The molecule has 1 aromatic carbocycles. The molecule has 2 rings (SSSR count). The van der Waals surface area contributed by atoms with E-state index in [1.54, 1.807) is 37.3 Å². The fraction of sp³-hybridized carbons (Fsp3) is 0.500. The maximum atomic E-state index is 14.1. The van der Waals surface area contributed by atoms with Crippen molar-refractivity contribution < 1.29 is 33.0 Å². The Balaban J connectivity index is 2.22. The minimum absolute atomic E-state index is 0.00975. The number of carbonyl (C=O) groups excluding carboxylic acids is 3. The standard InChI is InChI=1S/C22H27F2N3O5/c1-3-10-25-19(29)17-13-22(23,24)14-27(17)20(30)18(28)16(26-21(31)32-11-4-2)12-15-8-6-5-7-9-15/h2,5-9,16-18,28H,3,10-14H2,1H3,(H,25,29)(H,26,31)/t16-,17-,18-/m0/s1. The van der Waals surface area contributed by atoms with Crippen molar-refractivity contribution in [3.05, 3.63) is 35.9 Å².